The Kier molecular flexibility index (Phi) is 11.8. The van der Waals surface area contributed by atoms with Crippen LogP contribution in [-0.2, 0) is 20.7 Å². The number of aliphatic hydroxyl groups excluding tert-OH is 1. The Morgan fingerprint density at radius 3 is 2.79 bits per heavy atom. The van der Waals surface area contributed by atoms with Gasteiger partial charge in [0.05, 0.1) is 32.5 Å². The molecule has 1 N–H and O–H groups in total. The molecule has 208 valence electrons. The molecule has 0 spiro atoms. The molecule has 1 fully saturated rings. The molecule has 1 aliphatic rings. The fourth-order valence-corrected chi connectivity index (χ4v) is 5.08. The van der Waals surface area contributed by atoms with E-state index in [1.54, 1.807) is 33.1 Å². The Labute approximate surface area is 226 Å². The van der Waals surface area contributed by atoms with Gasteiger partial charge in [0, 0.05) is 24.2 Å². The van der Waals surface area contributed by atoms with Crippen LogP contribution in [0.5, 0.6) is 5.75 Å². The molecule has 1 aliphatic heterocycles. The molecule has 38 heavy (non-hydrogen) atoms. The number of hydrogen-bond acceptors (Lipinski definition) is 6. The van der Waals surface area contributed by atoms with E-state index in [-0.39, 0.29) is 24.6 Å². The predicted molar refractivity (Wildman–Crippen MR) is 148 cm³/mol. The van der Waals surface area contributed by atoms with Gasteiger partial charge in [-0.25, -0.2) is 9.18 Å². The number of hydrogen-bond donors (Lipinski definition) is 1. The van der Waals surface area contributed by atoms with Crippen molar-refractivity contribution >= 4 is 12.0 Å². The lowest BCUT2D eigenvalue weighted by molar-refractivity contribution is -0.137. The second kappa shape index (κ2) is 15.0. The summed E-state index contributed by atoms with van der Waals surface area (Å²) in [6, 6.07) is 11.4. The highest BCUT2D eigenvalue weighted by atomic mass is 19.1. The second-order valence-corrected chi connectivity index (χ2v) is 9.89. The highest BCUT2D eigenvalue weighted by Crippen LogP contribution is 2.33. The first-order chi connectivity index (χ1) is 18.4. The van der Waals surface area contributed by atoms with E-state index in [1.807, 2.05) is 30.3 Å². The molecule has 3 atom stereocenters. The van der Waals surface area contributed by atoms with Gasteiger partial charge in [-0.1, -0.05) is 37.6 Å². The lowest BCUT2D eigenvalue weighted by atomic mass is 9.97. The van der Waals surface area contributed by atoms with Gasteiger partial charge in [0.25, 0.3) is 0 Å². The zero-order valence-corrected chi connectivity index (χ0v) is 23.1. The van der Waals surface area contributed by atoms with Crippen molar-refractivity contribution in [1.82, 2.24) is 4.90 Å². The number of β-amino-alcohol motifs (C(OH)–C–C–N with tert-alkyl or cyclic N) is 1. The molecule has 1 heterocycles. The summed E-state index contributed by atoms with van der Waals surface area (Å²) in [6.07, 6.45) is 6.68. The largest absolute Gasteiger partial charge is 0.496 e. The smallest absolute Gasteiger partial charge is 0.330 e. The molecule has 2 aromatic rings. The van der Waals surface area contributed by atoms with E-state index in [4.69, 9.17) is 14.2 Å². The molecule has 0 amide bonds. The van der Waals surface area contributed by atoms with Crippen LogP contribution in [0, 0.1) is 12.7 Å². The van der Waals surface area contributed by atoms with E-state index in [0.29, 0.717) is 24.5 Å². The summed E-state index contributed by atoms with van der Waals surface area (Å²) in [6.45, 7) is 7.53. The number of rotatable bonds is 14. The summed E-state index contributed by atoms with van der Waals surface area (Å²) in [5.74, 6) is 0.0542. The minimum atomic E-state index is -0.658. The Morgan fingerprint density at radius 1 is 1.26 bits per heavy atom. The summed E-state index contributed by atoms with van der Waals surface area (Å²) < 4.78 is 30.9. The number of halogens is 1. The van der Waals surface area contributed by atoms with Crippen LogP contribution in [0.15, 0.2) is 42.5 Å². The monoisotopic (exact) mass is 527 g/mol. The van der Waals surface area contributed by atoms with Crippen LogP contribution in [0.1, 0.15) is 67.9 Å². The Balaban J connectivity index is 1.66. The van der Waals surface area contributed by atoms with Gasteiger partial charge in [0.1, 0.15) is 11.6 Å². The highest BCUT2D eigenvalue weighted by Gasteiger charge is 2.27. The van der Waals surface area contributed by atoms with Gasteiger partial charge < -0.3 is 19.3 Å². The molecule has 2 aromatic carbocycles. The quantitative estimate of drug-likeness (QED) is 0.253. The van der Waals surface area contributed by atoms with Crippen molar-refractivity contribution in [2.45, 2.75) is 71.1 Å². The van der Waals surface area contributed by atoms with Crippen LogP contribution in [0.25, 0.3) is 6.08 Å². The van der Waals surface area contributed by atoms with Crippen molar-refractivity contribution in [3.8, 4) is 5.75 Å². The Morgan fingerprint density at radius 2 is 2.08 bits per heavy atom. The Hall–Kier alpha value is -2.74. The number of aliphatic hydroxyl groups is 1. The number of carbonyl (C=O) groups excluding carboxylic acids is 1. The first-order valence-corrected chi connectivity index (χ1v) is 13.7. The molecule has 0 unspecified atom stereocenters. The number of nitrogens with zero attached hydrogens (tertiary/aromatic N) is 1. The molecule has 1 saturated heterocycles. The van der Waals surface area contributed by atoms with Crippen molar-refractivity contribution in [1.29, 1.82) is 0 Å². The van der Waals surface area contributed by atoms with Crippen LogP contribution in [0.2, 0.25) is 0 Å². The van der Waals surface area contributed by atoms with Crippen molar-refractivity contribution < 1.29 is 28.5 Å². The molecule has 0 aromatic heterocycles. The third kappa shape index (κ3) is 8.38. The number of benzene rings is 2. The number of ether oxygens (including phenoxy) is 3. The molecular formula is C31H42FNO5. The average molecular weight is 528 g/mol. The molecule has 6 nitrogen and oxygen atoms in total. The summed E-state index contributed by atoms with van der Waals surface area (Å²) >= 11 is 0. The van der Waals surface area contributed by atoms with Gasteiger partial charge in [0.15, 0.2) is 0 Å². The minimum absolute atomic E-state index is 0.170. The number of aryl methyl sites for hydroxylation is 1. The highest BCUT2D eigenvalue weighted by molar-refractivity contribution is 5.88. The standard InChI is InChI=1S/C31H42FNO5/c1-5-9-30(26-11-7-12-29(36-4)27(26)15-16-31(35)37-6-2)38-21-25(34)20-33-17-8-10-24(33)18-23-14-13-22(3)28(32)19-23/h7,11-16,19,24-25,30,34H,5-6,8-10,17-18,20-21H2,1-4H3/t24-,25+,30+/m0/s1. The maximum Gasteiger partial charge on any atom is 0.330 e. The van der Waals surface area contributed by atoms with Crippen LogP contribution < -0.4 is 4.74 Å². The molecule has 0 aliphatic carbocycles. The third-order valence-electron chi connectivity index (χ3n) is 7.03. The number of esters is 1. The van der Waals surface area contributed by atoms with Crippen LogP contribution in [-0.4, -0.2) is 61.5 Å². The first kappa shape index (κ1) is 29.8. The normalized spacial score (nSPS) is 17.6. The van der Waals surface area contributed by atoms with Gasteiger partial charge in [-0.3, -0.25) is 4.90 Å². The van der Waals surface area contributed by atoms with Crippen molar-refractivity contribution in [2.75, 3.05) is 33.4 Å². The fraction of sp³-hybridized carbons (Fsp3) is 0.516. The van der Waals surface area contributed by atoms with Crippen molar-refractivity contribution in [3.63, 3.8) is 0 Å². The minimum Gasteiger partial charge on any atom is -0.496 e. The molecule has 3 rings (SSSR count). The zero-order chi connectivity index (χ0) is 27.5. The topological polar surface area (TPSA) is 68.2 Å². The summed E-state index contributed by atoms with van der Waals surface area (Å²) in [7, 11) is 1.59. The lowest BCUT2D eigenvalue weighted by Gasteiger charge is -2.28. The molecule has 0 bridgehead atoms. The van der Waals surface area contributed by atoms with E-state index in [2.05, 4.69) is 11.8 Å². The van der Waals surface area contributed by atoms with E-state index in [1.165, 1.54) is 6.08 Å². The maximum atomic E-state index is 14.0. The van der Waals surface area contributed by atoms with E-state index in [9.17, 15) is 14.3 Å². The van der Waals surface area contributed by atoms with Crippen LogP contribution in [0.4, 0.5) is 4.39 Å². The van der Waals surface area contributed by atoms with Crippen molar-refractivity contribution in [3.05, 3.63) is 70.5 Å². The summed E-state index contributed by atoms with van der Waals surface area (Å²) in [4.78, 5) is 14.2. The Bertz CT molecular complexity index is 1070. The van der Waals surface area contributed by atoms with Gasteiger partial charge in [-0.2, -0.15) is 0 Å². The zero-order valence-electron chi connectivity index (χ0n) is 23.1. The van der Waals surface area contributed by atoms with E-state index in [0.717, 1.165) is 55.3 Å². The van der Waals surface area contributed by atoms with Gasteiger partial charge >= 0.3 is 5.97 Å². The SMILES string of the molecule is CCC[C@@H](OC[C@H](O)CN1CCC[C@H]1Cc1ccc(C)c(F)c1)c1cccc(OC)c1C=CC(=O)OCC. The third-order valence-corrected chi connectivity index (χ3v) is 7.03. The lowest BCUT2D eigenvalue weighted by Crippen LogP contribution is -2.39. The molecule has 0 saturated carbocycles. The number of methoxy groups -OCH3 is 1. The number of likely N-dealkylation sites (tertiary alicyclic amines) is 1. The van der Waals surface area contributed by atoms with Gasteiger partial charge in [-0.05, 0) is 81.0 Å². The summed E-state index contributed by atoms with van der Waals surface area (Å²) in [5.41, 5.74) is 3.31. The molecule has 0 radical (unpaired) electrons. The second-order valence-electron chi connectivity index (χ2n) is 9.89. The van der Waals surface area contributed by atoms with E-state index < -0.39 is 12.1 Å². The maximum absolute atomic E-state index is 14.0. The fourth-order valence-electron chi connectivity index (χ4n) is 5.08. The van der Waals surface area contributed by atoms with Gasteiger partial charge in [0.2, 0.25) is 0 Å². The van der Waals surface area contributed by atoms with E-state index >= 15 is 0 Å². The predicted octanol–water partition coefficient (Wildman–Crippen LogP) is 5.64. The molecule has 7 heteroatoms. The summed E-state index contributed by atoms with van der Waals surface area (Å²) in [5, 5.41) is 10.9. The van der Waals surface area contributed by atoms with Crippen molar-refractivity contribution in [2.24, 2.45) is 0 Å². The van der Waals surface area contributed by atoms with Crippen LogP contribution >= 0.6 is 0 Å². The molecular weight excluding hydrogens is 485 g/mol. The van der Waals surface area contributed by atoms with Gasteiger partial charge in [-0.15, -0.1) is 0 Å². The number of carbonyl (C=O) groups is 1. The first-order valence-electron chi connectivity index (χ1n) is 13.7. The average Bonchev–Trinajstić information content (AvgIpc) is 3.33. The van der Waals surface area contributed by atoms with Crippen LogP contribution in [0.3, 0.4) is 0 Å².